The molecule has 0 saturated carbocycles. The molecule has 1 atom stereocenters. The predicted octanol–water partition coefficient (Wildman–Crippen LogP) is 1.48. The zero-order valence-corrected chi connectivity index (χ0v) is 10.2. The van der Waals surface area contributed by atoms with Gasteiger partial charge in [0.1, 0.15) is 6.54 Å². The molecule has 16 heavy (non-hydrogen) atoms. The van der Waals surface area contributed by atoms with Gasteiger partial charge in [-0.15, -0.1) is 0 Å². The van der Waals surface area contributed by atoms with E-state index in [1.54, 1.807) is 0 Å². The van der Waals surface area contributed by atoms with E-state index in [4.69, 9.17) is 5.73 Å². The molecule has 0 spiro atoms. The van der Waals surface area contributed by atoms with Crippen LogP contribution in [0.3, 0.4) is 0 Å². The van der Waals surface area contributed by atoms with Crippen molar-refractivity contribution in [2.24, 2.45) is 5.73 Å². The van der Waals surface area contributed by atoms with Gasteiger partial charge in [-0.25, -0.2) is 0 Å². The summed E-state index contributed by atoms with van der Waals surface area (Å²) in [5, 5.41) is 0. The van der Waals surface area contributed by atoms with Crippen LogP contribution < -0.4 is 5.73 Å². The highest BCUT2D eigenvalue weighted by Crippen LogP contribution is 2.17. The number of amides is 1. The Hall–Kier alpha value is -0.430. The molecule has 0 fully saturated rings. The van der Waals surface area contributed by atoms with E-state index in [1.807, 2.05) is 6.26 Å². The summed E-state index contributed by atoms with van der Waals surface area (Å²) in [6.45, 7) is 0.297. The molecule has 0 aromatic carbocycles. The molecule has 1 amide bonds. The van der Waals surface area contributed by atoms with Crippen LogP contribution >= 0.6 is 11.8 Å². The first-order chi connectivity index (χ1) is 7.31. The van der Waals surface area contributed by atoms with Crippen LogP contribution in [0, 0.1) is 0 Å². The molecule has 7 heteroatoms. The lowest BCUT2D eigenvalue weighted by Crippen LogP contribution is -2.47. The Morgan fingerprint density at radius 2 is 2.06 bits per heavy atom. The van der Waals surface area contributed by atoms with E-state index in [-0.39, 0.29) is 6.54 Å². The number of hydrogen-bond donors (Lipinski definition) is 1. The van der Waals surface area contributed by atoms with Crippen LogP contribution in [-0.2, 0) is 4.79 Å². The van der Waals surface area contributed by atoms with Gasteiger partial charge < -0.3 is 10.6 Å². The Morgan fingerprint density at radius 1 is 1.50 bits per heavy atom. The molecule has 0 saturated heterocycles. The number of nitrogens with zero attached hydrogens (tertiary/aromatic N) is 1. The van der Waals surface area contributed by atoms with Gasteiger partial charge >= 0.3 is 6.18 Å². The highest BCUT2D eigenvalue weighted by atomic mass is 32.2. The van der Waals surface area contributed by atoms with Crippen LogP contribution in [0.2, 0.25) is 0 Å². The van der Waals surface area contributed by atoms with E-state index in [2.05, 4.69) is 0 Å². The molecule has 0 rings (SSSR count). The van der Waals surface area contributed by atoms with Gasteiger partial charge in [0.15, 0.2) is 0 Å². The van der Waals surface area contributed by atoms with Crippen molar-refractivity contribution in [3.63, 3.8) is 0 Å². The van der Waals surface area contributed by atoms with Crippen molar-refractivity contribution in [1.82, 2.24) is 4.90 Å². The molecule has 0 heterocycles. The molecular formula is C9H17F3N2OS. The van der Waals surface area contributed by atoms with Gasteiger partial charge in [0.05, 0.1) is 6.04 Å². The smallest absolute Gasteiger partial charge is 0.333 e. The molecule has 0 unspecified atom stereocenters. The lowest BCUT2D eigenvalue weighted by atomic mass is 10.2. The summed E-state index contributed by atoms with van der Waals surface area (Å²) in [5.41, 5.74) is 5.53. The number of nitrogens with two attached hydrogens (primary N) is 1. The third-order valence-corrected chi connectivity index (χ3v) is 2.66. The summed E-state index contributed by atoms with van der Waals surface area (Å²) in [4.78, 5) is 12.3. The van der Waals surface area contributed by atoms with Crippen molar-refractivity contribution in [3.8, 4) is 0 Å². The fourth-order valence-electron chi connectivity index (χ4n) is 1.16. The summed E-state index contributed by atoms with van der Waals surface area (Å²) in [6, 6.07) is -0.838. The maximum atomic E-state index is 12.1. The first-order valence-electron chi connectivity index (χ1n) is 4.91. The summed E-state index contributed by atoms with van der Waals surface area (Å²) in [5.74, 6) is 0.0325. The molecule has 3 nitrogen and oxygen atoms in total. The largest absolute Gasteiger partial charge is 0.406 e. The number of likely N-dealkylation sites (N-methyl/N-ethyl adjacent to an activating group) is 1. The van der Waals surface area contributed by atoms with E-state index in [0.717, 1.165) is 4.90 Å². The Balaban J connectivity index is 4.30. The van der Waals surface area contributed by atoms with Crippen LogP contribution in [0.1, 0.15) is 13.3 Å². The minimum Gasteiger partial charge on any atom is -0.333 e. The number of alkyl halides is 3. The topological polar surface area (TPSA) is 46.3 Å². The van der Waals surface area contributed by atoms with Crippen LogP contribution in [0.25, 0.3) is 0 Å². The second-order valence-corrected chi connectivity index (χ2v) is 4.34. The van der Waals surface area contributed by atoms with E-state index < -0.39 is 24.7 Å². The fourth-order valence-corrected chi connectivity index (χ4v) is 1.65. The van der Waals surface area contributed by atoms with Gasteiger partial charge in [0, 0.05) is 6.54 Å². The number of halogens is 3. The number of carbonyl (C=O) groups excluding carboxylic acids is 1. The molecule has 0 aliphatic carbocycles. The number of carbonyl (C=O) groups is 1. The normalized spacial score (nSPS) is 13.6. The molecule has 0 bridgehead atoms. The van der Waals surface area contributed by atoms with Gasteiger partial charge in [-0.1, -0.05) is 0 Å². The van der Waals surface area contributed by atoms with Gasteiger partial charge in [0.25, 0.3) is 0 Å². The monoisotopic (exact) mass is 258 g/mol. The van der Waals surface area contributed by atoms with Crippen molar-refractivity contribution in [2.75, 3.05) is 25.1 Å². The molecule has 96 valence electrons. The van der Waals surface area contributed by atoms with Gasteiger partial charge in [-0.2, -0.15) is 24.9 Å². The van der Waals surface area contributed by atoms with Crippen molar-refractivity contribution >= 4 is 17.7 Å². The van der Waals surface area contributed by atoms with Gasteiger partial charge in [-0.3, -0.25) is 4.79 Å². The average molecular weight is 258 g/mol. The van der Waals surface area contributed by atoms with Crippen LogP contribution in [0.5, 0.6) is 0 Å². The number of hydrogen-bond acceptors (Lipinski definition) is 3. The third-order valence-electron chi connectivity index (χ3n) is 2.01. The van der Waals surface area contributed by atoms with Crippen molar-refractivity contribution in [2.45, 2.75) is 25.6 Å². The number of rotatable bonds is 6. The highest BCUT2D eigenvalue weighted by molar-refractivity contribution is 7.98. The summed E-state index contributed by atoms with van der Waals surface area (Å²) >= 11 is 1.51. The number of thioether (sulfide) groups is 1. The summed E-state index contributed by atoms with van der Waals surface area (Å²) < 4.78 is 36.4. The Morgan fingerprint density at radius 3 is 2.44 bits per heavy atom. The Kier molecular flexibility index (Phi) is 6.82. The SMILES string of the molecule is CCN(CC(F)(F)F)C(=O)[C@H](N)CCSC. The first kappa shape index (κ1) is 15.6. The van der Waals surface area contributed by atoms with Crippen LogP contribution in [-0.4, -0.2) is 48.1 Å². The van der Waals surface area contributed by atoms with Gasteiger partial charge in [0.2, 0.25) is 5.91 Å². The second kappa shape index (κ2) is 7.01. The average Bonchev–Trinajstić information content (AvgIpc) is 2.20. The molecule has 0 radical (unpaired) electrons. The third kappa shape index (κ3) is 6.22. The maximum Gasteiger partial charge on any atom is 0.406 e. The zero-order valence-electron chi connectivity index (χ0n) is 9.38. The summed E-state index contributed by atoms with van der Waals surface area (Å²) in [6.07, 6.45) is -2.12. The summed E-state index contributed by atoms with van der Waals surface area (Å²) in [7, 11) is 0. The van der Waals surface area contributed by atoms with E-state index >= 15 is 0 Å². The van der Waals surface area contributed by atoms with E-state index in [1.165, 1.54) is 18.7 Å². The molecule has 0 aromatic rings. The molecule has 0 aliphatic heterocycles. The van der Waals surface area contributed by atoms with E-state index in [9.17, 15) is 18.0 Å². The molecule has 2 N–H and O–H groups in total. The van der Waals surface area contributed by atoms with Crippen molar-refractivity contribution in [3.05, 3.63) is 0 Å². The maximum absolute atomic E-state index is 12.1. The molecule has 0 aliphatic rings. The standard InChI is InChI=1S/C9H17F3N2OS/c1-3-14(6-9(10,11)12)8(15)7(13)4-5-16-2/h7H,3-6,13H2,1-2H3/t7-/m1/s1. The first-order valence-corrected chi connectivity index (χ1v) is 6.31. The van der Waals surface area contributed by atoms with Gasteiger partial charge in [-0.05, 0) is 25.4 Å². The second-order valence-electron chi connectivity index (χ2n) is 3.36. The minimum absolute atomic E-state index is 0.0192. The molecular weight excluding hydrogens is 241 g/mol. The Bertz CT molecular complexity index is 223. The Labute approximate surface area is 97.5 Å². The van der Waals surface area contributed by atoms with Crippen LogP contribution in [0.4, 0.5) is 13.2 Å². The minimum atomic E-state index is -4.37. The molecule has 0 aromatic heterocycles. The van der Waals surface area contributed by atoms with Crippen molar-refractivity contribution < 1.29 is 18.0 Å². The zero-order chi connectivity index (χ0) is 12.8. The lowest BCUT2D eigenvalue weighted by Gasteiger charge is -2.25. The highest BCUT2D eigenvalue weighted by Gasteiger charge is 2.33. The quantitative estimate of drug-likeness (QED) is 0.785. The lowest BCUT2D eigenvalue weighted by molar-refractivity contribution is -0.161. The van der Waals surface area contributed by atoms with E-state index in [0.29, 0.717) is 12.2 Å². The predicted molar refractivity (Wildman–Crippen MR) is 59.3 cm³/mol. The fraction of sp³-hybridized carbons (Fsp3) is 0.889. The van der Waals surface area contributed by atoms with Crippen molar-refractivity contribution in [1.29, 1.82) is 0 Å². The van der Waals surface area contributed by atoms with Crippen LogP contribution in [0.15, 0.2) is 0 Å².